The fourth-order valence-corrected chi connectivity index (χ4v) is 0.475. The zero-order valence-electron chi connectivity index (χ0n) is 9.11. The Bertz CT molecular complexity index is 203. The normalized spacial score (nSPS) is 12.7. The van der Waals surface area contributed by atoms with Crippen molar-refractivity contribution in [2.24, 2.45) is 0 Å². The van der Waals surface area contributed by atoms with Gasteiger partial charge in [0.1, 0.15) is 6.29 Å². The van der Waals surface area contributed by atoms with Crippen LogP contribution in [0.15, 0.2) is 12.2 Å². The van der Waals surface area contributed by atoms with E-state index in [-0.39, 0.29) is 11.8 Å². The largest absolute Gasteiger partial charge is 0.304 e. The van der Waals surface area contributed by atoms with E-state index in [1.165, 1.54) is 32.5 Å². The monoisotopic (exact) mass is 199 g/mol. The van der Waals surface area contributed by atoms with Gasteiger partial charge in [-0.3, -0.25) is 14.5 Å². The number of hydrogen-bond donors (Lipinski definition) is 0. The molecular formula is C10H17NO3. The highest BCUT2D eigenvalue weighted by atomic mass is 16.2. The van der Waals surface area contributed by atoms with Gasteiger partial charge in [-0.2, -0.15) is 0 Å². The van der Waals surface area contributed by atoms with Crippen LogP contribution in [0, 0.1) is 0 Å². The number of carbonyl (C=O) groups excluding carboxylic acids is 3. The Morgan fingerprint density at radius 3 is 1.50 bits per heavy atom. The third-order valence-electron chi connectivity index (χ3n) is 1.03. The molecule has 0 bridgehead atoms. The standard InChI is InChI=1S/C5H5NO2.C3H8.C2H4O/c1-6-4(7)2-3-5(6)8;1-3-2;1-2-3/h2-3H,1H3;3H2,1-2H3;2H,1H3. The molecule has 0 saturated carbocycles. The maximum absolute atomic E-state index is 10.4. The molecule has 1 rings (SSSR count). The zero-order chi connectivity index (χ0) is 11.6. The molecular weight excluding hydrogens is 182 g/mol. The molecule has 0 saturated heterocycles. The third-order valence-corrected chi connectivity index (χ3v) is 1.03. The van der Waals surface area contributed by atoms with Crippen molar-refractivity contribution in [3.8, 4) is 0 Å². The molecule has 0 aliphatic carbocycles. The van der Waals surface area contributed by atoms with E-state index in [4.69, 9.17) is 4.79 Å². The minimum atomic E-state index is -0.241. The van der Waals surface area contributed by atoms with Crippen LogP contribution in [-0.2, 0) is 14.4 Å². The fraction of sp³-hybridized carbons (Fsp3) is 0.500. The topological polar surface area (TPSA) is 54.5 Å². The molecule has 1 aliphatic heterocycles. The minimum absolute atomic E-state index is 0.241. The van der Waals surface area contributed by atoms with Crippen molar-refractivity contribution in [2.75, 3.05) is 7.05 Å². The molecule has 0 fully saturated rings. The van der Waals surface area contributed by atoms with Gasteiger partial charge in [0, 0.05) is 19.2 Å². The Labute approximate surface area is 84.6 Å². The first-order valence-corrected chi connectivity index (χ1v) is 4.44. The summed E-state index contributed by atoms with van der Waals surface area (Å²) in [6.07, 6.45) is 4.50. The van der Waals surface area contributed by atoms with Crippen LogP contribution in [0.25, 0.3) is 0 Å². The molecule has 0 spiro atoms. The second-order valence-electron chi connectivity index (χ2n) is 2.51. The van der Waals surface area contributed by atoms with Gasteiger partial charge in [0.25, 0.3) is 11.8 Å². The third kappa shape index (κ3) is 7.21. The predicted octanol–water partition coefficient (Wildman–Crippen LogP) is 1.16. The van der Waals surface area contributed by atoms with Gasteiger partial charge >= 0.3 is 0 Å². The number of rotatable bonds is 0. The summed E-state index contributed by atoms with van der Waals surface area (Å²) < 4.78 is 0. The highest BCUT2D eigenvalue weighted by molar-refractivity contribution is 6.12. The average molecular weight is 199 g/mol. The van der Waals surface area contributed by atoms with E-state index in [0.29, 0.717) is 0 Å². The van der Waals surface area contributed by atoms with Crippen LogP contribution >= 0.6 is 0 Å². The summed E-state index contributed by atoms with van der Waals surface area (Å²) in [7, 11) is 1.45. The van der Waals surface area contributed by atoms with E-state index < -0.39 is 0 Å². The van der Waals surface area contributed by atoms with E-state index in [0.717, 1.165) is 11.2 Å². The van der Waals surface area contributed by atoms with Gasteiger partial charge in [-0.1, -0.05) is 20.3 Å². The van der Waals surface area contributed by atoms with Crippen LogP contribution in [0.5, 0.6) is 0 Å². The van der Waals surface area contributed by atoms with E-state index in [9.17, 15) is 9.59 Å². The van der Waals surface area contributed by atoms with Crippen LogP contribution in [0.3, 0.4) is 0 Å². The summed E-state index contributed by atoms with van der Waals surface area (Å²) in [5.74, 6) is -0.481. The lowest BCUT2D eigenvalue weighted by molar-refractivity contribution is -0.135. The Kier molecular flexibility index (Phi) is 10.4. The quantitative estimate of drug-likeness (QED) is 0.434. The SMILES string of the molecule is CC=O.CCC.CN1C(=O)C=CC1=O. The molecule has 0 aromatic rings. The summed E-state index contributed by atoms with van der Waals surface area (Å²) >= 11 is 0. The van der Waals surface area contributed by atoms with Crippen LogP contribution in [0.1, 0.15) is 27.2 Å². The highest BCUT2D eigenvalue weighted by Gasteiger charge is 2.17. The molecule has 14 heavy (non-hydrogen) atoms. The molecule has 1 aliphatic rings. The lowest BCUT2D eigenvalue weighted by Crippen LogP contribution is -2.24. The molecule has 4 nitrogen and oxygen atoms in total. The van der Waals surface area contributed by atoms with Crippen LogP contribution < -0.4 is 0 Å². The average Bonchev–Trinajstić information content (AvgIpc) is 2.39. The summed E-state index contributed by atoms with van der Waals surface area (Å²) in [5, 5.41) is 0. The van der Waals surface area contributed by atoms with Crippen molar-refractivity contribution in [3.63, 3.8) is 0 Å². The molecule has 0 radical (unpaired) electrons. The number of nitrogens with zero attached hydrogens (tertiary/aromatic N) is 1. The first-order valence-electron chi connectivity index (χ1n) is 4.44. The highest BCUT2D eigenvalue weighted by Crippen LogP contribution is 1.97. The number of carbonyl (C=O) groups is 3. The summed E-state index contributed by atoms with van der Waals surface area (Å²) in [6, 6.07) is 0. The van der Waals surface area contributed by atoms with Crippen LogP contribution in [0.4, 0.5) is 0 Å². The van der Waals surface area contributed by atoms with Gasteiger partial charge < -0.3 is 4.79 Å². The summed E-state index contributed by atoms with van der Waals surface area (Å²) in [6.45, 7) is 5.69. The molecule has 80 valence electrons. The fourth-order valence-electron chi connectivity index (χ4n) is 0.475. The predicted molar refractivity (Wildman–Crippen MR) is 54.6 cm³/mol. The molecule has 2 amide bonds. The number of likely N-dealkylation sites (N-methyl/N-ethyl adjacent to an activating group) is 1. The molecule has 1 heterocycles. The summed E-state index contributed by atoms with van der Waals surface area (Å²) in [5.41, 5.74) is 0. The van der Waals surface area contributed by atoms with Gasteiger partial charge in [-0.05, 0) is 6.92 Å². The molecule has 0 aromatic heterocycles. The Morgan fingerprint density at radius 2 is 1.43 bits per heavy atom. The molecule has 0 atom stereocenters. The minimum Gasteiger partial charge on any atom is -0.304 e. The lowest BCUT2D eigenvalue weighted by Gasteiger charge is -2.01. The summed E-state index contributed by atoms with van der Waals surface area (Å²) in [4.78, 5) is 30.7. The maximum Gasteiger partial charge on any atom is 0.253 e. The van der Waals surface area contributed by atoms with Gasteiger partial charge in [0.05, 0.1) is 0 Å². The second kappa shape index (κ2) is 9.64. The van der Waals surface area contributed by atoms with Crippen molar-refractivity contribution in [3.05, 3.63) is 12.2 Å². The van der Waals surface area contributed by atoms with E-state index >= 15 is 0 Å². The molecule has 0 aromatic carbocycles. The van der Waals surface area contributed by atoms with Crippen molar-refractivity contribution in [1.82, 2.24) is 4.90 Å². The molecule has 4 heteroatoms. The Balaban J connectivity index is 0. The van der Waals surface area contributed by atoms with E-state index in [1.54, 1.807) is 0 Å². The molecule has 0 unspecified atom stereocenters. The zero-order valence-corrected chi connectivity index (χ0v) is 9.11. The van der Waals surface area contributed by atoms with Gasteiger partial charge in [-0.25, -0.2) is 0 Å². The number of amides is 2. The van der Waals surface area contributed by atoms with Crippen LogP contribution in [-0.4, -0.2) is 30.0 Å². The van der Waals surface area contributed by atoms with Gasteiger partial charge in [0.15, 0.2) is 0 Å². The van der Waals surface area contributed by atoms with Crippen LogP contribution in [0.2, 0.25) is 0 Å². The van der Waals surface area contributed by atoms with Gasteiger partial charge in [-0.15, -0.1) is 0 Å². The maximum atomic E-state index is 10.4. The smallest absolute Gasteiger partial charge is 0.253 e. The van der Waals surface area contributed by atoms with E-state index in [1.807, 2.05) is 0 Å². The number of imide groups is 1. The van der Waals surface area contributed by atoms with Crippen molar-refractivity contribution >= 4 is 18.1 Å². The van der Waals surface area contributed by atoms with Crippen molar-refractivity contribution in [1.29, 1.82) is 0 Å². The lowest BCUT2D eigenvalue weighted by atomic mass is 10.6. The first kappa shape index (κ1) is 15.0. The second-order valence-corrected chi connectivity index (χ2v) is 2.51. The first-order chi connectivity index (χ1) is 6.54. The Hall–Kier alpha value is -1.45. The molecule has 0 N–H and O–H groups in total. The van der Waals surface area contributed by atoms with Crippen molar-refractivity contribution in [2.45, 2.75) is 27.2 Å². The number of aldehydes is 1. The number of hydrogen-bond acceptors (Lipinski definition) is 3. The van der Waals surface area contributed by atoms with Gasteiger partial charge in [0.2, 0.25) is 0 Å². The Morgan fingerprint density at radius 1 is 1.21 bits per heavy atom. The van der Waals surface area contributed by atoms with E-state index in [2.05, 4.69) is 13.8 Å². The van der Waals surface area contributed by atoms with Crippen molar-refractivity contribution < 1.29 is 14.4 Å².